The van der Waals surface area contributed by atoms with E-state index >= 15 is 0 Å². The van der Waals surface area contributed by atoms with Crippen LogP contribution in [-0.4, -0.2) is 24.7 Å². The van der Waals surface area contributed by atoms with Gasteiger partial charge < -0.3 is 9.05 Å². The highest BCUT2D eigenvalue weighted by Gasteiger charge is 2.59. The molecule has 7 heteroatoms. The normalized spacial score (nSPS) is 12.5. The highest BCUT2D eigenvalue weighted by atomic mass is 31.2. The second-order valence-corrected chi connectivity index (χ2v) is 5.89. The van der Waals surface area contributed by atoms with Crippen LogP contribution < -0.4 is 0 Å². The van der Waals surface area contributed by atoms with Gasteiger partial charge in [0.15, 0.2) is 0 Å². The highest BCUT2D eigenvalue weighted by molar-refractivity contribution is 7.56. The lowest BCUT2D eigenvalue weighted by molar-refractivity contribution is -0.131. The Balaban J connectivity index is 5.21. The Morgan fingerprint density at radius 2 is 1.61 bits per heavy atom. The summed E-state index contributed by atoms with van der Waals surface area (Å²) in [4.78, 5) is 11.4. The Labute approximate surface area is 106 Å². The van der Waals surface area contributed by atoms with Crippen molar-refractivity contribution in [2.24, 2.45) is 0 Å². The van der Waals surface area contributed by atoms with E-state index in [4.69, 9.17) is 0 Å². The van der Waals surface area contributed by atoms with Crippen molar-refractivity contribution in [1.29, 1.82) is 0 Å². The molecule has 0 aliphatic rings. The highest BCUT2D eigenvalue weighted by Crippen LogP contribution is 2.62. The van der Waals surface area contributed by atoms with Crippen molar-refractivity contribution in [3.8, 4) is 0 Å². The Morgan fingerprint density at radius 3 is 1.89 bits per heavy atom. The minimum atomic E-state index is -4.81. The third kappa shape index (κ3) is 3.97. The summed E-state index contributed by atoms with van der Waals surface area (Å²) in [7, 11) is -4.81. The van der Waals surface area contributed by atoms with E-state index < -0.39 is 19.0 Å². The molecule has 0 bridgehead atoms. The van der Waals surface area contributed by atoms with E-state index in [1.165, 1.54) is 0 Å². The van der Waals surface area contributed by atoms with Crippen molar-refractivity contribution in [3.05, 3.63) is 12.2 Å². The molecular weight excluding hydrogens is 265 g/mol. The van der Waals surface area contributed by atoms with Crippen molar-refractivity contribution < 1.29 is 27.2 Å². The van der Waals surface area contributed by atoms with Crippen molar-refractivity contribution in [3.63, 3.8) is 0 Å². The molecule has 0 saturated heterocycles. The van der Waals surface area contributed by atoms with Crippen LogP contribution in [0.3, 0.4) is 0 Å². The lowest BCUT2D eigenvalue weighted by atomic mass is 10.2. The van der Waals surface area contributed by atoms with Crippen molar-refractivity contribution in [2.75, 3.05) is 13.2 Å². The van der Waals surface area contributed by atoms with Crippen LogP contribution in [0.25, 0.3) is 0 Å². The summed E-state index contributed by atoms with van der Waals surface area (Å²) in [6, 6.07) is 0. The average molecular weight is 284 g/mol. The summed E-state index contributed by atoms with van der Waals surface area (Å²) < 4.78 is 49.0. The molecule has 106 valence electrons. The zero-order valence-electron chi connectivity index (χ0n) is 10.9. The molecule has 0 aromatic rings. The Bertz CT molecular complexity index is 343. The fourth-order valence-electron chi connectivity index (χ4n) is 1.00. The quantitative estimate of drug-likeness (QED) is 0.477. The molecule has 0 atom stereocenters. The van der Waals surface area contributed by atoms with Crippen LogP contribution >= 0.6 is 7.60 Å². The Hall–Kier alpha value is -0.580. The van der Waals surface area contributed by atoms with Gasteiger partial charge in [0.05, 0.1) is 13.2 Å². The maximum atomic E-state index is 13.8. The second-order valence-electron chi connectivity index (χ2n) is 3.81. The van der Waals surface area contributed by atoms with Gasteiger partial charge in [0.25, 0.3) is 0 Å². The second kappa shape index (κ2) is 7.12. The zero-order valence-corrected chi connectivity index (χ0v) is 11.8. The van der Waals surface area contributed by atoms with E-state index in [0.717, 1.165) is 6.92 Å². The fourth-order valence-corrected chi connectivity index (χ4v) is 2.69. The predicted octanol–water partition coefficient (Wildman–Crippen LogP) is 3.77. The number of Topliss-reactive ketones (excluding diaryl/α,β-unsaturated/α-hetero) is 1. The number of carbonyl (C=O) groups is 1. The van der Waals surface area contributed by atoms with Gasteiger partial charge in [0.1, 0.15) is 0 Å². The molecule has 0 amide bonds. The van der Waals surface area contributed by atoms with Crippen LogP contribution in [0.1, 0.15) is 33.6 Å². The third-order valence-corrected chi connectivity index (χ3v) is 3.87. The lowest BCUT2D eigenvalue weighted by Crippen LogP contribution is -2.31. The summed E-state index contributed by atoms with van der Waals surface area (Å²) in [6.07, 6.45) is 0.771. The standard InChI is InChI=1S/C11H19F2O4P/c1-5-7-16-18(15,17-8-6-2)11(12,13)10(14)9(3)4/h3,5-8H2,1-2,4H3. The molecular formula is C11H19F2O4P. The smallest absolute Gasteiger partial charge is 0.304 e. The molecule has 18 heavy (non-hydrogen) atoms. The fraction of sp³-hybridized carbons (Fsp3) is 0.727. The van der Waals surface area contributed by atoms with E-state index in [9.17, 15) is 18.1 Å². The van der Waals surface area contributed by atoms with E-state index in [1.807, 2.05) is 0 Å². The van der Waals surface area contributed by atoms with Gasteiger partial charge >= 0.3 is 13.3 Å². The van der Waals surface area contributed by atoms with Crippen LogP contribution in [0, 0.1) is 0 Å². The summed E-state index contributed by atoms with van der Waals surface area (Å²) >= 11 is 0. The Morgan fingerprint density at radius 1 is 1.22 bits per heavy atom. The van der Waals surface area contributed by atoms with Crippen molar-refractivity contribution in [2.45, 2.75) is 39.3 Å². The number of hydrogen-bond acceptors (Lipinski definition) is 4. The molecule has 0 N–H and O–H groups in total. The molecule has 4 nitrogen and oxygen atoms in total. The maximum absolute atomic E-state index is 13.8. The topological polar surface area (TPSA) is 52.6 Å². The number of rotatable bonds is 9. The van der Waals surface area contributed by atoms with Gasteiger partial charge in [-0.15, -0.1) is 0 Å². The zero-order chi connectivity index (χ0) is 14.4. The molecule has 0 fully saturated rings. The van der Waals surface area contributed by atoms with Crippen LogP contribution in [0.2, 0.25) is 0 Å². The monoisotopic (exact) mass is 284 g/mol. The van der Waals surface area contributed by atoms with Gasteiger partial charge in [-0.25, -0.2) is 0 Å². The van der Waals surface area contributed by atoms with Gasteiger partial charge in [-0.3, -0.25) is 9.36 Å². The number of alkyl halides is 2. The summed E-state index contributed by atoms with van der Waals surface area (Å²) in [5.41, 5.74) is -4.58. The molecule has 0 heterocycles. The first-order valence-electron chi connectivity index (χ1n) is 5.70. The summed E-state index contributed by atoms with van der Waals surface area (Å²) in [5, 5.41) is 0. The van der Waals surface area contributed by atoms with Crippen molar-refractivity contribution >= 4 is 13.4 Å². The molecule has 0 aromatic carbocycles. The number of halogens is 2. The molecule has 0 aromatic heterocycles. The third-order valence-electron chi connectivity index (χ3n) is 1.94. The molecule has 0 radical (unpaired) electrons. The van der Waals surface area contributed by atoms with Gasteiger partial charge in [-0.2, -0.15) is 8.78 Å². The maximum Gasteiger partial charge on any atom is 0.408 e. The molecule has 0 spiro atoms. The SMILES string of the molecule is C=C(C)C(=O)C(F)(F)P(=O)(OCCC)OCCC. The first-order valence-corrected chi connectivity index (χ1v) is 7.24. The van der Waals surface area contributed by atoms with E-state index in [1.54, 1.807) is 13.8 Å². The minimum Gasteiger partial charge on any atom is -0.304 e. The van der Waals surface area contributed by atoms with Crippen LogP contribution in [0.4, 0.5) is 8.78 Å². The average Bonchev–Trinajstić information content (AvgIpc) is 2.32. The molecule has 0 aliphatic heterocycles. The molecule has 0 rings (SSSR count). The summed E-state index contributed by atoms with van der Waals surface area (Å²) in [6.45, 7) is 7.26. The molecule has 0 aliphatic carbocycles. The predicted molar refractivity (Wildman–Crippen MR) is 64.9 cm³/mol. The summed E-state index contributed by atoms with van der Waals surface area (Å²) in [5.74, 6) is -1.61. The van der Waals surface area contributed by atoms with Crippen LogP contribution in [-0.2, 0) is 18.4 Å². The molecule has 0 unspecified atom stereocenters. The Kier molecular flexibility index (Phi) is 6.89. The number of hydrogen-bond donors (Lipinski definition) is 0. The largest absolute Gasteiger partial charge is 0.408 e. The van der Waals surface area contributed by atoms with E-state index in [-0.39, 0.29) is 18.8 Å². The van der Waals surface area contributed by atoms with Gasteiger partial charge in [0, 0.05) is 0 Å². The minimum absolute atomic E-state index is 0.167. The van der Waals surface area contributed by atoms with Gasteiger partial charge in [0.2, 0.25) is 5.78 Å². The van der Waals surface area contributed by atoms with E-state index in [2.05, 4.69) is 15.6 Å². The van der Waals surface area contributed by atoms with Gasteiger partial charge in [-0.1, -0.05) is 20.4 Å². The number of ketones is 1. The number of carbonyl (C=O) groups excluding carboxylic acids is 1. The number of allylic oxidation sites excluding steroid dienone is 1. The van der Waals surface area contributed by atoms with Crippen molar-refractivity contribution in [1.82, 2.24) is 0 Å². The van der Waals surface area contributed by atoms with E-state index in [0.29, 0.717) is 12.8 Å². The van der Waals surface area contributed by atoms with Gasteiger partial charge in [-0.05, 0) is 25.3 Å². The van der Waals surface area contributed by atoms with Crippen LogP contribution in [0.15, 0.2) is 12.2 Å². The first kappa shape index (κ1) is 17.4. The molecule has 0 saturated carbocycles. The van der Waals surface area contributed by atoms with Crippen LogP contribution in [0.5, 0.6) is 0 Å². The lowest BCUT2D eigenvalue weighted by Gasteiger charge is -2.25. The first-order chi connectivity index (χ1) is 8.23.